The van der Waals surface area contributed by atoms with E-state index in [0.717, 1.165) is 19.3 Å². The lowest BCUT2D eigenvalue weighted by molar-refractivity contribution is -0.139. The summed E-state index contributed by atoms with van der Waals surface area (Å²) in [5, 5.41) is 0. The average molecular weight is 304 g/mol. The molecule has 1 saturated carbocycles. The van der Waals surface area contributed by atoms with Gasteiger partial charge in [-0.1, -0.05) is 31.5 Å². The van der Waals surface area contributed by atoms with Gasteiger partial charge in [-0.25, -0.2) is 8.42 Å². The maximum absolute atomic E-state index is 12.7. The lowest BCUT2D eigenvalue weighted by atomic mass is 9.73. The first kappa shape index (κ1) is 14.7. The van der Waals surface area contributed by atoms with Gasteiger partial charge in [-0.15, -0.1) is 0 Å². The maximum Gasteiger partial charge on any atom is 0.235 e. The van der Waals surface area contributed by atoms with Crippen molar-refractivity contribution in [1.82, 2.24) is 4.90 Å². The van der Waals surface area contributed by atoms with Crippen LogP contribution in [-0.2, 0) is 14.6 Å². The van der Waals surface area contributed by atoms with Crippen LogP contribution < -0.4 is 5.73 Å². The van der Waals surface area contributed by atoms with Crippen molar-refractivity contribution < 1.29 is 13.2 Å². The van der Waals surface area contributed by atoms with E-state index in [-0.39, 0.29) is 35.5 Å². The van der Waals surface area contributed by atoms with Crippen molar-refractivity contribution in [3.63, 3.8) is 0 Å². The molecule has 2 fully saturated rings. The summed E-state index contributed by atoms with van der Waals surface area (Å²) >= 11 is 5.13. The minimum absolute atomic E-state index is 0.0478. The van der Waals surface area contributed by atoms with Gasteiger partial charge in [0.1, 0.15) is 0 Å². The summed E-state index contributed by atoms with van der Waals surface area (Å²) < 4.78 is 22.8. The fourth-order valence-corrected chi connectivity index (χ4v) is 4.43. The van der Waals surface area contributed by atoms with Crippen molar-refractivity contribution in [2.45, 2.75) is 32.1 Å². The summed E-state index contributed by atoms with van der Waals surface area (Å²) in [4.78, 5) is 14.6. The van der Waals surface area contributed by atoms with Crippen molar-refractivity contribution in [2.24, 2.45) is 11.1 Å². The molecule has 0 spiro atoms. The minimum Gasteiger partial charge on any atom is -0.392 e. The van der Waals surface area contributed by atoms with E-state index < -0.39 is 15.3 Å². The third-order valence-corrected chi connectivity index (χ3v) is 6.22. The van der Waals surface area contributed by atoms with Crippen LogP contribution in [0.2, 0.25) is 0 Å². The van der Waals surface area contributed by atoms with Crippen molar-refractivity contribution in [3.05, 3.63) is 0 Å². The molecule has 0 radical (unpaired) electrons. The van der Waals surface area contributed by atoms with Gasteiger partial charge >= 0.3 is 0 Å². The molecule has 1 amide bonds. The second-order valence-corrected chi connectivity index (χ2v) is 8.19. The Balaban J connectivity index is 2.15. The molecular formula is C12H20N2O3S2. The van der Waals surface area contributed by atoms with Crippen LogP contribution in [0.3, 0.4) is 0 Å². The molecule has 0 bridgehead atoms. The number of amides is 1. The van der Waals surface area contributed by atoms with Crippen molar-refractivity contribution >= 4 is 33.0 Å². The summed E-state index contributed by atoms with van der Waals surface area (Å²) in [7, 11) is -2.98. The van der Waals surface area contributed by atoms with Crippen molar-refractivity contribution in [2.75, 3.05) is 24.6 Å². The molecule has 2 aliphatic rings. The predicted molar refractivity (Wildman–Crippen MR) is 77.5 cm³/mol. The molecule has 1 saturated heterocycles. The lowest BCUT2D eigenvalue weighted by Gasteiger charge is -2.40. The van der Waals surface area contributed by atoms with Crippen LogP contribution in [0.5, 0.6) is 0 Å². The molecule has 108 valence electrons. The number of carbonyl (C=O) groups is 1. The third kappa shape index (κ3) is 2.91. The number of hydrogen-bond donors (Lipinski definition) is 1. The van der Waals surface area contributed by atoms with Gasteiger partial charge in [-0.2, -0.15) is 0 Å². The van der Waals surface area contributed by atoms with Gasteiger partial charge in [0.05, 0.1) is 21.9 Å². The van der Waals surface area contributed by atoms with Crippen molar-refractivity contribution in [1.29, 1.82) is 0 Å². The van der Waals surface area contributed by atoms with E-state index in [1.165, 1.54) is 0 Å². The molecule has 0 aromatic carbocycles. The second-order valence-electron chi connectivity index (χ2n) is 5.45. The fraction of sp³-hybridized carbons (Fsp3) is 0.833. The van der Waals surface area contributed by atoms with Crippen LogP contribution in [0.15, 0.2) is 0 Å². The molecule has 1 aliphatic carbocycles. The standard InChI is InChI=1S/C12H20N2O3S2/c13-10(18)12(4-2-1-3-5-12)11(15)14-6-8-19(16,17)9-7-14/h1-9H2,(H2,13,18). The molecule has 1 aliphatic heterocycles. The number of rotatable bonds is 2. The Kier molecular flexibility index (Phi) is 4.15. The number of carbonyl (C=O) groups excluding carboxylic acids is 1. The first-order chi connectivity index (χ1) is 8.87. The zero-order chi connectivity index (χ0) is 14.1. The first-order valence-electron chi connectivity index (χ1n) is 6.67. The molecule has 0 aromatic rings. The van der Waals surface area contributed by atoms with Gasteiger partial charge in [-0.05, 0) is 12.8 Å². The maximum atomic E-state index is 12.7. The Labute approximate surface area is 119 Å². The summed E-state index contributed by atoms with van der Waals surface area (Å²) in [6.45, 7) is 0.539. The quantitative estimate of drug-likeness (QED) is 0.751. The third-order valence-electron chi connectivity index (χ3n) is 4.22. The monoisotopic (exact) mass is 304 g/mol. The van der Waals surface area contributed by atoms with Gasteiger partial charge < -0.3 is 10.6 Å². The van der Waals surface area contributed by atoms with E-state index in [2.05, 4.69) is 0 Å². The van der Waals surface area contributed by atoms with Gasteiger partial charge in [0.15, 0.2) is 9.84 Å². The van der Waals surface area contributed by atoms with E-state index in [1.54, 1.807) is 4.90 Å². The highest BCUT2D eigenvalue weighted by Gasteiger charge is 2.45. The molecular weight excluding hydrogens is 284 g/mol. The van der Waals surface area contributed by atoms with E-state index in [0.29, 0.717) is 12.8 Å². The first-order valence-corrected chi connectivity index (χ1v) is 8.90. The lowest BCUT2D eigenvalue weighted by Crippen LogP contribution is -2.55. The Morgan fingerprint density at radius 1 is 1.11 bits per heavy atom. The van der Waals surface area contributed by atoms with Crippen LogP contribution in [0.4, 0.5) is 0 Å². The zero-order valence-electron chi connectivity index (χ0n) is 10.9. The minimum atomic E-state index is -2.98. The van der Waals surface area contributed by atoms with Crippen LogP contribution in [0.25, 0.3) is 0 Å². The molecule has 2 N–H and O–H groups in total. The average Bonchev–Trinajstić information content (AvgIpc) is 2.38. The molecule has 7 heteroatoms. The highest BCUT2D eigenvalue weighted by molar-refractivity contribution is 7.91. The molecule has 1 heterocycles. The van der Waals surface area contributed by atoms with Gasteiger partial charge in [0.2, 0.25) is 5.91 Å². The van der Waals surface area contributed by atoms with Gasteiger partial charge in [0.25, 0.3) is 0 Å². The summed E-state index contributed by atoms with van der Waals surface area (Å²) in [5.74, 6) is 0.0350. The number of sulfone groups is 1. The smallest absolute Gasteiger partial charge is 0.235 e. The van der Waals surface area contributed by atoms with Crippen LogP contribution in [0.1, 0.15) is 32.1 Å². The highest BCUT2D eigenvalue weighted by atomic mass is 32.2. The largest absolute Gasteiger partial charge is 0.392 e. The summed E-state index contributed by atoms with van der Waals surface area (Å²) in [5.41, 5.74) is 5.10. The number of thiocarbonyl (C=S) groups is 1. The topological polar surface area (TPSA) is 80.5 Å². The Hall–Kier alpha value is -0.690. The molecule has 19 heavy (non-hydrogen) atoms. The van der Waals surface area contributed by atoms with E-state index in [1.807, 2.05) is 0 Å². The van der Waals surface area contributed by atoms with Gasteiger partial charge in [0, 0.05) is 13.1 Å². The van der Waals surface area contributed by atoms with E-state index in [4.69, 9.17) is 18.0 Å². The molecule has 5 nitrogen and oxygen atoms in total. The van der Waals surface area contributed by atoms with Gasteiger partial charge in [-0.3, -0.25) is 4.79 Å². The highest BCUT2D eigenvalue weighted by Crippen LogP contribution is 2.38. The predicted octanol–water partition coefficient (Wildman–Crippen LogP) is 0.480. The Morgan fingerprint density at radius 2 is 1.63 bits per heavy atom. The van der Waals surface area contributed by atoms with Crippen LogP contribution >= 0.6 is 12.2 Å². The fourth-order valence-electron chi connectivity index (χ4n) is 2.94. The van der Waals surface area contributed by atoms with Crippen LogP contribution in [0, 0.1) is 5.41 Å². The second kappa shape index (κ2) is 5.36. The number of nitrogens with zero attached hydrogens (tertiary/aromatic N) is 1. The summed E-state index contributed by atoms with van der Waals surface area (Å²) in [6.07, 6.45) is 4.41. The molecule has 0 unspecified atom stereocenters. The van der Waals surface area contributed by atoms with E-state index in [9.17, 15) is 13.2 Å². The Bertz CT molecular complexity index is 467. The van der Waals surface area contributed by atoms with E-state index >= 15 is 0 Å². The Morgan fingerprint density at radius 3 is 2.11 bits per heavy atom. The molecule has 0 aromatic heterocycles. The summed E-state index contributed by atoms with van der Waals surface area (Å²) in [6, 6.07) is 0. The molecule has 0 atom stereocenters. The molecule has 2 rings (SSSR count). The number of hydrogen-bond acceptors (Lipinski definition) is 4. The zero-order valence-corrected chi connectivity index (χ0v) is 12.6. The van der Waals surface area contributed by atoms with Crippen LogP contribution in [-0.4, -0.2) is 48.8 Å². The normalized spacial score (nSPS) is 25.8. The number of nitrogens with two attached hydrogens (primary N) is 1. The van der Waals surface area contributed by atoms with Crippen molar-refractivity contribution in [3.8, 4) is 0 Å². The SMILES string of the molecule is NC(=S)C1(C(=O)N2CCS(=O)(=O)CC2)CCCCC1.